The lowest BCUT2D eigenvalue weighted by Crippen LogP contribution is -2.11. The van der Waals surface area contributed by atoms with Gasteiger partial charge in [0.1, 0.15) is 42.6 Å². The van der Waals surface area contributed by atoms with E-state index in [0.717, 1.165) is 67.6 Å². The molecule has 1 N–H and O–H groups in total. The number of aromatic nitrogens is 8. The molecule has 8 aromatic rings. The normalized spacial score (nSPS) is 9.94. The fourth-order valence-electron chi connectivity index (χ4n) is 5.95. The number of aliphatic hydroxyl groups is 1. The molecule has 0 aliphatic heterocycles. The molecule has 0 saturated carbocycles. The highest BCUT2D eigenvalue weighted by atomic mass is 127. The molecule has 2 aromatic carbocycles. The van der Waals surface area contributed by atoms with E-state index in [9.17, 15) is 9.90 Å². The highest BCUT2D eigenvalue weighted by molar-refractivity contribution is 14.3. The number of pyridine rings is 4. The predicted molar refractivity (Wildman–Crippen MR) is 293 cm³/mol. The monoisotopic (exact) mass is 1240 g/mol. The van der Waals surface area contributed by atoms with Crippen molar-refractivity contribution in [3.05, 3.63) is 170 Å². The lowest BCUT2D eigenvalue weighted by molar-refractivity contribution is -0.141. The summed E-state index contributed by atoms with van der Waals surface area (Å²) < 4.78 is 20.5. The first-order chi connectivity index (χ1) is 32.3. The van der Waals surface area contributed by atoms with Crippen molar-refractivity contribution in [2.24, 2.45) is 0 Å². The summed E-state index contributed by atoms with van der Waals surface area (Å²) in [6, 6.07) is 34.7. The number of esters is 1. The van der Waals surface area contributed by atoms with E-state index < -0.39 is 0 Å². The van der Waals surface area contributed by atoms with E-state index >= 15 is 0 Å². The molecule has 0 unspecified atom stereocenters. The Hall–Kier alpha value is -5.32. The van der Waals surface area contributed by atoms with Crippen molar-refractivity contribution in [3.63, 3.8) is 0 Å². The Morgan fingerprint density at radius 2 is 0.985 bits per heavy atom. The van der Waals surface area contributed by atoms with E-state index in [1.807, 2.05) is 149 Å². The Balaban J connectivity index is 0.000000304. The molecular formula is C51H57I3N8O5. The van der Waals surface area contributed by atoms with Crippen molar-refractivity contribution in [1.82, 2.24) is 39.5 Å². The number of hydrogen-bond donors (Lipinski definition) is 1. The average molecular weight is 1240 g/mol. The van der Waals surface area contributed by atoms with E-state index in [1.165, 1.54) is 7.11 Å². The third kappa shape index (κ3) is 18.7. The van der Waals surface area contributed by atoms with Crippen molar-refractivity contribution in [2.75, 3.05) is 13.7 Å². The van der Waals surface area contributed by atoms with E-state index in [1.54, 1.807) is 46.5 Å². The summed E-state index contributed by atoms with van der Waals surface area (Å²) >= 11 is 6.95. The number of halogens is 3. The lowest BCUT2D eigenvalue weighted by Gasteiger charge is -2.07. The number of hydrogen-bond acceptors (Lipinski definition) is 11. The minimum Gasteiger partial charge on any atom is -0.487 e. The van der Waals surface area contributed by atoms with Crippen LogP contribution >= 0.6 is 67.8 Å². The molecule has 6 aromatic heterocycles. The van der Waals surface area contributed by atoms with Crippen LogP contribution in [0, 0.1) is 0 Å². The van der Waals surface area contributed by atoms with Crippen LogP contribution < -0.4 is 9.47 Å². The second-order valence-corrected chi connectivity index (χ2v) is 23.9. The third-order valence-corrected chi connectivity index (χ3v) is 8.84. The Morgan fingerprint density at radius 3 is 1.36 bits per heavy atom. The minimum absolute atomic E-state index is 0. The van der Waals surface area contributed by atoms with Gasteiger partial charge in [0.2, 0.25) is 0 Å². The second kappa shape index (κ2) is 31.6. The van der Waals surface area contributed by atoms with Gasteiger partial charge in [0.25, 0.3) is 0 Å². The number of ether oxygens (including phenoxy) is 3. The van der Waals surface area contributed by atoms with Gasteiger partial charge in [0.05, 0.1) is 31.6 Å². The van der Waals surface area contributed by atoms with E-state index in [0.29, 0.717) is 19.8 Å². The van der Waals surface area contributed by atoms with Crippen LogP contribution in [0.3, 0.4) is 0 Å². The van der Waals surface area contributed by atoms with Gasteiger partial charge in [0.15, 0.2) is 0 Å². The van der Waals surface area contributed by atoms with Crippen LogP contribution in [0.1, 0.15) is 46.5 Å². The van der Waals surface area contributed by atoms with E-state index in [-0.39, 0.29) is 26.5 Å². The molecule has 0 bridgehead atoms. The van der Waals surface area contributed by atoms with Gasteiger partial charge in [-0.2, -0.15) is 10.2 Å². The van der Waals surface area contributed by atoms with Gasteiger partial charge >= 0.3 is 5.97 Å². The number of carbonyl (C=O) groups is 1. The van der Waals surface area contributed by atoms with Gasteiger partial charge in [-0.3, -0.25) is 34.1 Å². The van der Waals surface area contributed by atoms with Crippen LogP contribution in [-0.2, 0) is 35.8 Å². The fraction of sp³-hybridized carbons (Fsp3) is 0.235. The largest absolute Gasteiger partial charge is 0.487 e. The van der Waals surface area contributed by atoms with Crippen molar-refractivity contribution >= 4 is 73.7 Å². The molecule has 67 heavy (non-hydrogen) atoms. The van der Waals surface area contributed by atoms with E-state index in [2.05, 4.69) is 97.9 Å². The zero-order valence-corrected chi connectivity index (χ0v) is 43.9. The van der Waals surface area contributed by atoms with Crippen LogP contribution in [-0.4, -0.2) is 64.2 Å². The SMILES string of the molecule is C.CC.CC.COC(=O)Cn1cc(-c2ccncc2)c(-c2ccc(OCc3ccccn3)cc2)n1.IC(I)I.OCCn1cc(-c2ccncc2)c(-c2ccc(OCc3ccccn3)cc2)n1. The quantitative estimate of drug-likeness (QED) is 0.0629. The summed E-state index contributed by atoms with van der Waals surface area (Å²) in [7, 11) is 1.36. The molecule has 16 heteroatoms. The van der Waals surface area contributed by atoms with Crippen molar-refractivity contribution in [2.45, 2.75) is 61.4 Å². The molecule has 0 amide bonds. The molecule has 0 fully saturated rings. The maximum Gasteiger partial charge on any atom is 0.327 e. The number of methoxy groups -OCH3 is 1. The smallest absolute Gasteiger partial charge is 0.327 e. The summed E-state index contributed by atoms with van der Waals surface area (Å²) in [4.78, 5) is 28.4. The first-order valence-corrected chi connectivity index (χ1v) is 24.8. The Kier molecular flexibility index (Phi) is 26.4. The van der Waals surface area contributed by atoms with Gasteiger partial charge in [-0.25, -0.2) is 0 Å². The molecular weight excluding hydrogens is 1190 g/mol. The molecule has 0 aliphatic rings. The molecule has 6 heterocycles. The zero-order valence-electron chi connectivity index (χ0n) is 37.4. The fourth-order valence-corrected chi connectivity index (χ4v) is 5.95. The van der Waals surface area contributed by atoms with Gasteiger partial charge in [-0.15, -0.1) is 0 Å². The van der Waals surface area contributed by atoms with E-state index in [4.69, 9.17) is 14.2 Å². The van der Waals surface area contributed by atoms with Gasteiger partial charge in [-0.05, 0) is 108 Å². The van der Waals surface area contributed by atoms with Crippen LogP contribution in [0.2, 0.25) is 0 Å². The summed E-state index contributed by atoms with van der Waals surface area (Å²) in [5.74, 6) is 1.15. The first-order valence-electron chi connectivity index (χ1n) is 21.1. The molecule has 0 atom stereocenters. The number of alkyl halides is 3. The number of carbonyl (C=O) groups excluding carboxylic acids is 1. The van der Waals surface area contributed by atoms with Gasteiger partial charge < -0.3 is 19.3 Å². The number of nitrogens with zero attached hydrogens (tertiary/aromatic N) is 8. The average Bonchev–Trinajstić information content (AvgIpc) is 4.00. The summed E-state index contributed by atoms with van der Waals surface area (Å²) in [5, 5.41) is 18.5. The number of aliphatic hydroxyl groups excluding tert-OH is 1. The molecule has 0 radical (unpaired) electrons. The number of rotatable bonds is 14. The van der Waals surface area contributed by atoms with Gasteiger partial charge in [-0.1, -0.05) is 115 Å². The van der Waals surface area contributed by atoms with Crippen molar-refractivity contribution in [1.29, 1.82) is 0 Å². The predicted octanol–water partition coefficient (Wildman–Crippen LogP) is 12.6. The minimum atomic E-state index is -0.358. The maximum absolute atomic E-state index is 11.7. The molecule has 0 aliphatic carbocycles. The summed E-state index contributed by atoms with van der Waals surface area (Å²) in [6.45, 7) is 9.35. The van der Waals surface area contributed by atoms with Crippen molar-refractivity contribution < 1.29 is 24.1 Å². The highest BCUT2D eigenvalue weighted by Crippen LogP contribution is 2.33. The topological polar surface area (TPSA) is 152 Å². The van der Waals surface area contributed by atoms with Gasteiger partial charge in [0, 0.05) is 71.8 Å². The molecule has 13 nitrogen and oxygen atoms in total. The Labute approximate surface area is 435 Å². The molecule has 0 spiro atoms. The van der Waals surface area contributed by atoms with Crippen LogP contribution in [0.5, 0.6) is 11.5 Å². The Bertz CT molecular complexity index is 2550. The molecule has 352 valence electrons. The summed E-state index contributed by atoms with van der Waals surface area (Å²) in [5.41, 5.74) is 9.16. The zero-order chi connectivity index (χ0) is 47.5. The third-order valence-electron chi connectivity index (χ3n) is 8.84. The van der Waals surface area contributed by atoms with Crippen LogP contribution in [0.15, 0.2) is 159 Å². The lowest BCUT2D eigenvalue weighted by atomic mass is 10.0. The standard InChI is InChI=1S/C23H20N4O3.C22H20N4O2.2C2H6.CHI3.CH4/c1-29-22(28)15-27-14-21(17-9-12-24-13-10-17)23(26-27)18-5-7-20(8-6-18)30-16-19-4-2-3-11-25-19;27-14-13-26-15-21(17-8-11-23-12-9-17)22(25-26)18-4-6-20(7-5-18)28-16-19-3-1-2-10-24-19;2*1-2;2-1(3)4;/h2-14H,15-16H2,1H3;1-12,15,27H,13-14,16H2;2*1-2H3;1H;1H4. The van der Waals surface area contributed by atoms with Crippen LogP contribution in [0.25, 0.3) is 44.8 Å². The first kappa shape index (κ1) is 56.0. The summed E-state index contributed by atoms with van der Waals surface area (Å²) in [6.07, 6.45) is 14.3. The number of benzene rings is 2. The maximum atomic E-state index is 11.7. The van der Waals surface area contributed by atoms with Crippen molar-refractivity contribution in [3.8, 4) is 56.3 Å². The Morgan fingerprint density at radius 1 is 0.582 bits per heavy atom. The second-order valence-electron chi connectivity index (χ2n) is 13.0. The molecule has 8 rings (SSSR count). The van der Waals surface area contributed by atoms with Crippen LogP contribution in [0.4, 0.5) is 0 Å². The highest BCUT2D eigenvalue weighted by Gasteiger charge is 2.16. The molecule has 0 saturated heterocycles.